The van der Waals surface area contributed by atoms with E-state index in [1.54, 1.807) is 61.7 Å². The summed E-state index contributed by atoms with van der Waals surface area (Å²) in [5.74, 6) is -0.373. The Hall–Kier alpha value is -5.23. The van der Waals surface area contributed by atoms with Crippen LogP contribution in [0.4, 0.5) is 10.1 Å². The van der Waals surface area contributed by atoms with Crippen LogP contribution in [-0.2, 0) is 26.9 Å². The van der Waals surface area contributed by atoms with Gasteiger partial charge >= 0.3 is 12.0 Å². The average Bonchev–Trinajstić information content (AvgIpc) is 3.45. The summed E-state index contributed by atoms with van der Waals surface area (Å²) in [6, 6.07) is 26.5. The number of nitrogens with one attached hydrogen (secondary N) is 1. The molecule has 10 nitrogen and oxygen atoms in total. The minimum Gasteiger partial charge on any atom is -0.497 e. The Kier molecular flexibility index (Phi) is 9.20. The molecule has 0 atom stereocenters. The first-order valence-corrected chi connectivity index (χ1v) is 15.2. The van der Waals surface area contributed by atoms with E-state index in [4.69, 9.17) is 14.2 Å². The van der Waals surface area contributed by atoms with Crippen molar-refractivity contribution in [2.45, 2.75) is 12.2 Å². The maximum atomic E-state index is 14.1. The third-order valence-corrected chi connectivity index (χ3v) is 7.84. The molecule has 12 heteroatoms. The van der Waals surface area contributed by atoms with E-state index >= 15 is 0 Å². The summed E-state index contributed by atoms with van der Waals surface area (Å²) in [6.45, 7) is 0.304. The normalized spacial score (nSPS) is 11.2. The Morgan fingerprint density at radius 1 is 0.932 bits per heavy atom. The van der Waals surface area contributed by atoms with Crippen LogP contribution in [0.3, 0.4) is 0 Å². The molecule has 0 saturated heterocycles. The molecular formula is C32H29FN4O6S. The number of esters is 1. The summed E-state index contributed by atoms with van der Waals surface area (Å²) in [5, 5.41) is 4.50. The molecule has 0 unspecified atom stereocenters. The van der Waals surface area contributed by atoms with E-state index in [0.717, 1.165) is 11.3 Å². The number of ether oxygens (including phenoxy) is 3. The van der Waals surface area contributed by atoms with Gasteiger partial charge < -0.3 is 14.2 Å². The number of hydrogen-bond donors (Lipinski definition) is 1. The van der Waals surface area contributed by atoms with Crippen LogP contribution in [-0.4, -0.2) is 50.0 Å². The van der Waals surface area contributed by atoms with Crippen molar-refractivity contribution in [2.24, 2.45) is 0 Å². The van der Waals surface area contributed by atoms with E-state index in [-0.39, 0.29) is 11.6 Å². The van der Waals surface area contributed by atoms with Crippen molar-refractivity contribution < 1.29 is 31.8 Å². The molecule has 0 radical (unpaired) electrons. The fourth-order valence-corrected chi connectivity index (χ4v) is 5.68. The van der Waals surface area contributed by atoms with E-state index in [1.807, 2.05) is 24.3 Å². The standard InChI is InChI=1S/C32H29FN4O6S/c1-41-28-16-10-22(11-17-28)18-19-43-32-34-30(23-7-5-8-25(33)20-23)37(35-32)27-14-12-26(13-15-27)36-44(39,40)21-24-6-3-4-9-29(24)31(38)42-2/h3-17,20,36H,18-19,21H2,1-2H3. The highest BCUT2D eigenvalue weighted by Gasteiger charge is 2.19. The number of carbonyl (C=O) groups excluding carboxylic acids is 1. The van der Waals surface area contributed by atoms with Gasteiger partial charge in [-0.15, -0.1) is 5.10 Å². The molecule has 0 spiro atoms. The molecule has 0 fully saturated rings. The first-order valence-electron chi connectivity index (χ1n) is 13.5. The van der Waals surface area contributed by atoms with Crippen LogP contribution >= 0.6 is 0 Å². The lowest BCUT2D eigenvalue weighted by atomic mass is 10.1. The maximum Gasteiger partial charge on any atom is 0.338 e. The Morgan fingerprint density at radius 3 is 2.39 bits per heavy atom. The first kappa shape index (κ1) is 30.2. The third-order valence-electron chi connectivity index (χ3n) is 6.60. The Morgan fingerprint density at radius 2 is 1.68 bits per heavy atom. The first-order chi connectivity index (χ1) is 21.2. The van der Waals surface area contributed by atoms with Gasteiger partial charge in [0.2, 0.25) is 10.0 Å². The fourth-order valence-electron chi connectivity index (χ4n) is 4.45. The second-order valence-electron chi connectivity index (χ2n) is 9.64. The lowest BCUT2D eigenvalue weighted by Gasteiger charge is -2.12. The van der Waals surface area contributed by atoms with Crippen molar-refractivity contribution >= 4 is 21.7 Å². The SMILES string of the molecule is COC(=O)c1ccccc1CS(=O)(=O)Nc1ccc(-n2nc(OCCc3ccc(OC)cc3)nc2-c2cccc(F)c2)cc1. The third kappa shape index (κ3) is 7.39. The Bertz CT molecular complexity index is 1860. The summed E-state index contributed by atoms with van der Waals surface area (Å²) in [6.07, 6.45) is 0.604. The summed E-state index contributed by atoms with van der Waals surface area (Å²) in [7, 11) is -1.04. The monoisotopic (exact) mass is 616 g/mol. The molecule has 5 aromatic rings. The van der Waals surface area contributed by atoms with Gasteiger partial charge in [-0.2, -0.15) is 4.98 Å². The molecule has 0 aliphatic rings. The van der Waals surface area contributed by atoms with Crippen LogP contribution in [0.2, 0.25) is 0 Å². The minimum atomic E-state index is -3.88. The fraction of sp³-hybridized carbons (Fsp3) is 0.156. The van der Waals surface area contributed by atoms with Gasteiger partial charge in [-0.05, 0) is 65.7 Å². The molecule has 226 valence electrons. The zero-order valence-electron chi connectivity index (χ0n) is 23.9. The maximum absolute atomic E-state index is 14.1. The molecule has 0 bridgehead atoms. The van der Waals surface area contributed by atoms with Gasteiger partial charge in [0.05, 0.1) is 37.8 Å². The topological polar surface area (TPSA) is 122 Å². The van der Waals surface area contributed by atoms with Crippen LogP contribution in [0, 0.1) is 5.82 Å². The Labute approximate surface area is 254 Å². The minimum absolute atomic E-state index is 0.104. The number of hydrogen-bond acceptors (Lipinski definition) is 8. The lowest BCUT2D eigenvalue weighted by Crippen LogP contribution is -2.17. The summed E-state index contributed by atoms with van der Waals surface area (Å²) in [5.41, 5.74) is 2.85. The quantitative estimate of drug-likeness (QED) is 0.184. The van der Waals surface area contributed by atoms with Gasteiger partial charge in [-0.3, -0.25) is 4.72 Å². The summed E-state index contributed by atoms with van der Waals surface area (Å²) < 4.78 is 59.8. The van der Waals surface area contributed by atoms with Gasteiger partial charge in [0.25, 0.3) is 0 Å². The lowest BCUT2D eigenvalue weighted by molar-refractivity contribution is 0.0600. The molecule has 44 heavy (non-hydrogen) atoms. The van der Waals surface area contributed by atoms with Gasteiger partial charge in [0.1, 0.15) is 11.6 Å². The average molecular weight is 617 g/mol. The highest BCUT2D eigenvalue weighted by atomic mass is 32.2. The molecule has 1 N–H and O–H groups in total. The van der Waals surface area contributed by atoms with E-state index < -0.39 is 27.6 Å². The largest absolute Gasteiger partial charge is 0.497 e. The molecule has 0 aliphatic heterocycles. The predicted octanol–water partition coefficient (Wildman–Crippen LogP) is 5.43. The molecule has 0 aliphatic carbocycles. The van der Waals surface area contributed by atoms with E-state index in [1.165, 1.54) is 30.0 Å². The molecular weight excluding hydrogens is 587 g/mol. The molecule has 0 amide bonds. The number of nitrogens with zero attached hydrogens (tertiary/aromatic N) is 3. The van der Waals surface area contributed by atoms with Crippen molar-refractivity contribution in [3.05, 3.63) is 120 Å². The zero-order chi connectivity index (χ0) is 31.1. The van der Waals surface area contributed by atoms with Gasteiger partial charge in [-0.1, -0.05) is 42.5 Å². The molecule has 5 rings (SSSR count). The number of rotatable bonds is 12. The van der Waals surface area contributed by atoms with Gasteiger partial charge in [-0.25, -0.2) is 22.3 Å². The van der Waals surface area contributed by atoms with Crippen molar-refractivity contribution in [3.63, 3.8) is 0 Å². The second kappa shape index (κ2) is 13.4. The summed E-state index contributed by atoms with van der Waals surface area (Å²) in [4.78, 5) is 16.6. The molecule has 1 heterocycles. The van der Waals surface area contributed by atoms with Crippen LogP contribution in [0.1, 0.15) is 21.5 Å². The van der Waals surface area contributed by atoms with E-state index in [9.17, 15) is 17.6 Å². The van der Waals surface area contributed by atoms with Crippen LogP contribution in [0.15, 0.2) is 97.1 Å². The number of halogens is 1. The number of benzene rings is 4. The van der Waals surface area contributed by atoms with Crippen LogP contribution in [0.25, 0.3) is 17.1 Å². The molecule has 1 aromatic heterocycles. The van der Waals surface area contributed by atoms with Crippen LogP contribution < -0.4 is 14.2 Å². The zero-order valence-corrected chi connectivity index (χ0v) is 24.8. The summed E-state index contributed by atoms with van der Waals surface area (Å²) >= 11 is 0. The number of aromatic nitrogens is 3. The van der Waals surface area contributed by atoms with Crippen molar-refractivity contribution in [1.82, 2.24) is 14.8 Å². The smallest absolute Gasteiger partial charge is 0.338 e. The van der Waals surface area contributed by atoms with Gasteiger partial charge in [0.15, 0.2) is 5.82 Å². The molecule has 4 aromatic carbocycles. The predicted molar refractivity (Wildman–Crippen MR) is 163 cm³/mol. The van der Waals surface area contributed by atoms with Crippen LogP contribution in [0.5, 0.6) is 11.8 Å². The Balaban J connectivity index is 1.34. The highest BCUT2D eigenvalue weighted by Crippen LogP contribution is 2.26. The number of anilines is 1. The number of sulfonamides is 1. The van der Waals surface area contributed by atoms with Gasteiger partial charge in [0, 0.05) is 17.7 Å². The highest BCUT2D eigenvalue weighted by molar-refractivity contribution is 7.91. The molecule has 0 saturated carbocycles. The van der Waals surface area contributed by atoms with Crippen molar-refractivity contribution in [1.29, 1.82) is 0 Å². The number of carbonyl (C=O) groups is 1. The van der Waals surface area contributed by atoms with Crippen molar-refractivity contribution in [2.75, 3.05) is 25.5 Å². The second-order valence-corrected chi connectivity index (χ2v) is 11.4. The van der Waals surface area contributed by atoms with Crippen molar-refractivity contribution in [3.8, 4) is 28.8 Å². The number of methoxy groups -OCH3 is 2. The van der Waals surface area contributed by atoms with E-state index in [0.29, 0.717) is 41.4 Å². The van der Waals surface area contributed by atoms with E-state index in [2.05, 4.69) is 14.8 Å².